The predicted octanol–water partition coefficient (Wildman–Crippen LogP) is 0.768. The van der Waals surface area contributed by atoms with Gasteiger partial charge in [-0.15, -0.1) is 0 Å². The summed E-state index contributed by atoms with van der Waals surface area (Å²) in [4.78, 5) is 7.52. The van der Waals surface area contributed by atoms with Crippen molar-refractivity contribution in [2.75, 3.05) is 44.9 Å². The molecule has 1 aliphatic rings. The fourth-order valence-electron chi connectivity index (χ4n) is 2.03. The number of ether oxygens (including phenoxy) is 3. The van der Waals surface area contributed by atoms with Gasteiger partial charge in [0.2, 0.25) is 5.95 Å². The third kappa shape index (κ3) is 4.67. The van der Waals surface area contributed by atoms with E-state index in [1.165, 1.54) is 0 Å². The molecule has 0 bridgehead atoms. The van der Waals surface area contributed by atoms with Crippen molar-refractivity contribution in [1.29, 1.82) is 0 Å². The predicted molar refractivity (Wildman–Crippen MR) is 82.0 cm³/mol. The number of nitrogens with zero attached hydrogens (tertiary/aromatic N) is 1. The number of aromatic nitrogens is 2. The summed E-state index contributed by atoms with van der Waals surface area (Å²) in [6.45, 7) is 3.04. The number of aliphatic hydroxyl groups excluding tert-OH is 1. The molecule has 1 aromatic heterocycles. The van der Waals surface area contributed by atoms with Crippen molar-refractivity contribution in [3.05, 3.63) is 24.3 Å². The highest BCUT2D eigenvalue weighted by Gasteiger charge is 2.21. The van der Waals surface area contributed by atoms with Crippen LogP contribution in [-0.4, -0.2) is 66.9 Å². The Morgan fingerprint density at radius 1 is 1.36 bits per heavy atom. The standard InChI is InChI=1S/C15H21N3O4/c19-11(8-20-5-6-21-9-12-10-22-12)7-16-15-17-13-3-1-2-4-14(13)18-15/h1-4,11-12,19H,5-10H2,(H2,16,17,18). The summed E-state index contributed by atoms with van der Waals surface area (Å²) < 4.78 is 15.7. The Bertz CT molecular complexity index is 552. The zero-order chi connectivity index (χ0) is 15.2. The molecule has 0 spiro atoms. The second-order valence-electron chi connectivity index (χ2n) is 5.24. The molecule has 0 saturated carbocycles. The molecule has 1 saturated heterocycles. The molecule has 7 nitrogen and oxygen atoms in total. The number of aliphatic hydroxyl groups is 1. The van der Waals surface area contributed by atoms with Gasteiger partial charge in [0.1, 0.15) is 6.10 Å². The van der Waals surface area contributed by atoms with Crippen LogP contribution in [0.15, 0.2) is 24.3 Å². The van der Waals surface area contributed by atoms with E-state index in [0.717, 1.165) is 17.6 Å². The van der Waals surface area contributed by atoms with Crippen molar-refractivity contribution in [3.8, 4) is 0 Å². The first-order valence-electron chi connectivity index (χ1n) is 7.45. The molecule has 2 aromatic rings. The van der Waals surface area contributed by atoms with Crippen LogP contribution in [0.5, 0.6) is 0 Å². The van der Waals surface area contributed by atoms with Crippen molar-refractivity contribution in [2.24, 2.45) is 0 Å². The minimum Gasteiger partial charge on any atom is -0.389 e. The van der Waals surface area contributed by atoms with Gasteiger partial charge >= 0.3 is 0 Å². The van der Waals surface area contributed by atoms with Crippen LogP contribution in [0.25, 0.3) is 11.0 Å². The zero-order valence-electron chi connectivity index (χ0n) is 12.3. The molecule has 120 valence electrons. The van der Waals surface area contributed by atoms with E-state index in [-0.39, 0.29) is 12.7 Å². The average Bonchev–Trinajstić information content (AvgIpc) is 3.25. The van der Waals surface area contributed by atoms with Gasteiger partial charge in [0.15, 0.2) is 0 Å². The van der Waals surface area contributed by atoms with Crippen molar-refractivity contribution in [1.82, 2.24) is 9.97 Å². The number of nitrogens with one attached hydrogen (secondary N) is 2. The summed E-state index contributed by atoms with van der Waals surface area (Å²) in [5.74, 6) is 0.646. The first-order chi connectivity index (χ1) is 10.8. The molecule has 2 unspecified atom stereocenters. The van der Waals surface area contributed by atoms with Crippen molar-refractivity contribution in [2.45, 2.75) is 12.2 Å². The zero-order valence-corrected chi connectivity index (χ0v) is 12.3. The third-order valence-electron chi connectivity index (χ3n) is 3.28. The Hall–Kier alpha value is -1.67. The number of fused-ring (bicyclic) bond motifs is 1. The first kappa shape index (κ1) is 15.2. The maximum atomic E-state index is 9.85. The number of para-hydroxylation sites is 2. The van der Waals surface area contributed by atoms with E-state index in [9.17, 15) is 5.11 Å². The van der Waals surface area contributed by atoms with E-state index in [2.05, 4.69) is 15.3 Å². The smallest absolute Gasteiger partial charge is 0.201 e. The highest BCUT2D eigenvalue weighted by molar-refractivity contribution is 5.77. The van der Waals surface area contributed by atoms with Crippen molar-refractivity contribution >= 4 is 17.0 Å². The minimum absolute atomic E-state index is 0.260. The Balaban J connectivity index is 1.29. The van der Waals surface area contributed by atoms with Gasteiger partial charge in [0, 0.05) is 6.54 Å². The second-order valence-corrected chi connectivity index (χ2v) is 5.24. The van der Waals surface area contributed by atoms with Crippen LogP contribution in [0.2, 0.25) is 0 Å². The van der Waals surface area contributed by atoms with Gasteiger partial charge in [-0.3, -0.25) is 0 Å². The molecular formula is C15H21N3O4. The van der Waals surface area contributed by atoms with E-state index in [1.807, 2.05) is 24.3 Å². The summed E-state index contributed by atoms with van der Waals surface area (Å²) in [5.41, 5.74) is 1.86. The van der Waals surface area contributed by atoms with Crippen LogP contribution in [0, 0.1) is 0 Å². The molecule has 3 rings (SSSR count). The summed E-state index contributed by atoms with van der Waals surface area (Å²) in [7, 11) is 0. The number of benzene rings is 1. The lowest BCUT2D eigenvalue weighted by molar-refractivity contribution is 0.00533. The van der Waals surface area contributed by atoms with Crippen LogP contribution in [0.1, 0.15) is 0 Å². The van der Waals surface area contributed by atoms with Crippen LogP contribution >= 0.6 is 0 Å². The number of imidazole rings is 1. The van der Waals surface area contributed by atoms with Crippen LogP contribution < -0.4 is 5.32 Å². The third-order valence-corrected chi connectivity index (χ3v) is 3.28. The number of hydrogen-bond donors (Lipinski definition) is 3. The fourth-order valence-corrected chi connectivity index (χ4v) is 2.03. The molecule has 2 heterocycles. The Labute approximate surface area is 128 Å². The van der Waals surface area contributed by atoms with Gasteiger partial charge < -0.3 is 29.6 Å². The normalized spacial score (nSPS) is 18.5. The van der Waals surface area contributed by atoms with Crippen molar-refractivity contribution < 1.29 is 19.3 Å². The molecule has 1 aromatic carbocycles. The molecule has 1 fully saturated rings. The topological polar surface area (TPSA) is 91.9 Å². The molecule has 1 aliphatic heterocycles. The van der Waals surface area contributed by atoms with Crippen LogP contribution in [0.3, 0.4) is 0 Å². The van der Waals surface area contributed by atoms with Gasteiger partial charge in [-0.05, 0) is 12.1 Å². The summed E-state index contributed by atoms with van der Waals surface area (Å²) >= 11 is 0. The van der Waals surface area contributed by atoms with E-state index in [4.69, 9.17) is 14.2 Å². The van der Waals surface area contributed by atoms with E-state index in [0.29, 0.717) is 32.3 Å². The number of aromatic amines is 1. The number of hydrogen-bond acceptors (Lipinski definition) is 6. The fraction of sp³-hybridized carbons (Fsp3) is 0.533. The van der Waals surface area contributed by atoms with Crippen LogP contribution in [-0.2, 0) is 14.2 Å². The Morgan fingerprint density at radius 3 is 3.00 bits per heavy atom. The first-order valence-corrected chi connectivity index (χ1v) is 7.45. The number of rotatable bonds is 10. The summed E-state index contributed by atoms with van der Waals surface area (Å²) in [6, 6.07) is 7.78. The maximum absolute atomic E-state index is 9.85. The molecule has 0 aliphatic carbocycles. The van der Waals surface area contributed by atoms with Gasteiger partial charge in [-0.2, -0.15) is 0 Å². The lowest BCUT2D eigenvalue weighted by Crippen LogP contribution is -2.26. The number of epoxide rings is 1. The Morgan fingerprint density at radius 2 is 2.18 bits per heavy atom. The monoisotopic (exact) mass is 307 g/mol. The highest BCUT2D eigenvalue weighted by Crippen LogP contribution is 2.13. The summed E-state index contributed by atoms with van der Waals surface area (Å²) in [6.07, 6.45) is -0.321. The van der Waals surface area contributed by atoms with Crippen molar-refractivity contribution in [3.63, 3.8) is 0 Å². The van der Waals surface area contributed by atoms with E-state index in [1.54, 1.807) is 0 Å². The maximum Gasteiger partial charge on any atom is 0.201 e. The second kappa shape index (κ2) is 7.55. The van der Waals surface area contributed by atoms with Gasteiger partial charge in [0.25, 0.3) is 0 Å². The van der Waals surface area contributed by atoms with Gasteiger partial charge in [0.05, 0.1) is 50.2 Å². The molecule has 0 radical (unpaired) electrons. The lowest BCUT2D eigenvalue weighted by Gasteiger charge is -2.11. The Kier molecular flexibility index (Phi) is 5.23. The lowest BCUT2D eigenvalue weighted by atomic mass is 10.3. The number of H-pyrrole nitrogens is 1. The quantitative estimate of drug-likeness (QED) is 0.443. The largest absolute Gasteiger partial charge is 0.389 e. The van der Waals surface area contributed by atoms with Crippen LogP contribution in [0.4, 0.5) is 5.95 Å². The van der Waals surface area contributed by atoms with Gasteiger partial charge in [-0.1, -0.05) is 12.1 Å². The van der Waals surface area contributed by atoms with Gasteiger partial charge in [-0.25, -0.2) is 4.98 Å². The molecule has 7 heteroatoms. The SMILES string of the molecule is OC(CNc1nc2ccccc2[nH]1)COCCOCC1CO1. The summed E-state index contributed by atoms with van der Waals surface area (Å²) in [5, 5.41) is 12.9. The molecule has 2 atom stereocenters. The molecule has 3 N–H and O–H groups in total. The number of anilines is 1. The highest BCUT2D eigenvalue weighted by atomic mass is 16.6. The average molecular weight is 307 g/mol. The minimum atomic E-state index is -0.597. The molecule has 0 amide bonds. The molecule has 22 heavy (non-hydrogen) atoms. The van der Waals surface area contributed by atoms with E-state index >= 15 is 0 Å². The molecular weight excluding hydrogens is 286 g/mol. The van der Waals surface area contributed by atoms with E-state index < -0.39 is 6.10 Å².